The molecular formula is C25H26FNO4. The van der Waals surface area contributed by atoms with E-state index in [9.17, 15) is 14.0 Å². The van der Waals surface area contributed by atoms with Gasteiger partial charge < -0.3 is 14.7 Å². The first kappa shape index (κ1) is 20.2. The predicted octanol–water partition coefficient (Wildman–Crippen LogP) is 4.47. The van der Waals surface area contributed by atoms with Crippen LogP contribution in [0.15, 0.2) is 42.5 Å². The number of benzene rings is 2. The second-order valence-corrected chi connectivity index (χ2v) is 9.04. The van der Waals surface area contributed by atoms with Crippen LogP contribution < -0.4 is 0 Å². The van der Waals surface area contributed by atoms with Crippen molar-refractivity contribution in [2.75, 3.05) is 19.7 Å². The zero-order valence-electron chi connectivity index (χ0n) is 17.4. The minimum absolute atomic E-state index is 0.152. The number of halogens is 1. The fourth-order valence-electron chi connectivity index (χ4n) is 5.34. The first-order valence-electron chi connectivity index (χ1n) is 11.0. The number of carboxylic acids is 1. The Morgan fingerprint density at radius 1 is 1.10 bits per heavy atom. The van der Waals surface area contributed by atoms with Crippen molar-refractivity contribution in [3.05, 3.63) is 59.4 Å². The zero-order valence-corrected chi connectivity index (χ0v) is 17.4. The molecule has 3 aliphatic rings. The second-order valence-electron chi connectivity index (χ2n) is 9.04. The lowest BCUT2D eigenvalue weighted by Crippen LogP contribution is -2.44. The van der Waals surface area contributed by atoms with E-state index in [0.29, 0.717) is 23.7 Å². The van der Waals surface area contributed by atoms with Gasteiger partial charge in [-0.25, -0.2) is 9.18 Å². The number of amides is 1. The monoisotopic (exact) mass is 423 g/mol. The number of piperidine rings is 1. The molecule has 1 saturated carbocycles. The third-order valence-corrected chi connectivity index (χ3v) is 7.32. The van der Waals surface area contributed by atoms with Gasteiger partial charge in [0.2, 0.25) is 0 Å². The van der Waals surface area contributed by atoms with Crippen molar-refractivity contribution < 1.29 is 23.8 Å². The topological polar surface area (TPSA) is 66.8 Å². The summed E-state index contributed by atoms with van der Waals surface area (Å²) in [5.41, 5.74) is 2.17. The van der Waals surface area contributed by atoms with Gasteiger partial charge in [-0.3, -0.25) is 4.79 Å². The highest BCUT2D eigenvalue weighted by Crippen LogP contribution is 2.65. The van der Waals surface area contributed by atoms with Gasteiger partial charge in [-0.05, 0) is 60.6 Å². The number of likely N-dealkylation sites (tertiary alicyclic amines) is 1. The number of carboxylic acid groups (broad SMARTS) is 1. The molecule has 1 aliphatic carbocycles. The highest BCUT2D eigenvalue weighted by atomic mass is 19.1. The molecule has 0 radical (unpaired) electrons. The summed E-state index contributed by atoms with van der Waals surface area (Å²) in [6, 6.07) is 12.3. The molecular weight excluding hydrogens is 397 g/mol. The summed E-state index contributed by atoms with van der Waals surface area (Å²) in [6.45, 7) is 2.28. The fraction of sp³-hybridized carbons (Fsp3) is 0.440. The Morgan fingerprint density at radius 3 is 2.48 bits per heavy atom. The third kappa shape index (κ3) is 3.63. The molecule has 5 rings (SSSR count). The Balaban J connectivity index is 1.25. The lowest BCUT2D eigenvalue weighted by Gasteiger charge is -2.34. The van der Waals surface area contributed by atoms with Crippen molar-refractivity contribution in [3.63, 3.8) is 0 Å². The van der Waals surface area contributed by atoms with Gasteiger partial charge >= 0.3 is 5.97 Å². The van der Waals surface area contributed by atoms with Crippen LogP contribution in [0, 0.1) is 11.2 Å². The van der Waals surface area contributed by atoms with Crippen molar-refractivity contribution in [1.29, 1.82) is 0 Å². The van der Waals surface area contributed by atoms with Gasteiger partial charge in [0.05, 0.1) is 5.56 Å². The number of aromatic carboxylic acids is 1. The van der Waals surface area contributed by atoms with Crippen LogP contribution in [0.1, 0.15) is 53.9 Å². The van der Waals surface area contributed by atoms with Crippen LogP contribution in [0.4, 0.5) is 4.39 Å². The van der Waals surface area contributed by atoms with Crippen molar-refractivity contribution in [2.45, 2.75) is 44.1 Å². The molecule has 2 atom stereocenters. The van der Waals surface area contributed by atoms with Gasteiger partial charge in [-0.15, -0.1) is 0 Å². The Morgan fingerprint density at radius 2 is 1.84 bits per heavy atom. The molecule has 5 nitrogen and oxygen atoms in total. The van der Waals surface area contributed by atoms with Gasteiger partial charge in [-0.1, -0.05) is 36.4 Å². The smallest absolute Gasteiger partial charge is 0.338 e. The first-order valence-corrected chi connectivity index (χ1v) is 11.0. The number of hydrogen-bond donors (Lipinski definition) is 1. The zero-order chi connectivity index (χ0) is 21.6. The molecule has 162 valence electrons. The number of ether oxygens (including phenoxy) is 1. The van der Waals surface area contributed by atoms with Crippen molar-refractivity contribution >= 4 is 11.9 Å². The molecule has 2 saturated heterocycles. The average Bonchev–Trinajstić information content (AvgIpc) is 3.20. The molecule has 2 aromatic rings. The number of carbonyl (C=O) groups is 2. The summed E-state index contributed by atoms with van der Waals surface area (Å²) in [6.07, 6.45) is 4.70. The highest BCUT2D eigenvalue weighted by Gasteiger charge is 2.55. The fourth-order valence-corrected chi connectivity index (χ4v) is 5.34. The van der Waals surface area contributed by atoms with Crippen molar-refractivity contribution in [1.82, 2.24) is 4.90 Å². The van der Waals surface area contributed by atoms with Gasteiger partial charge in [-0.2, -0.15) is 0 Å². The van der Waals surface area contributed by atoms with Crippen molar-refractivity contribution in [2.24, 2.45) is 5.41 Å². The molecule has 0 aromatic heterocycles. The maximum Gasteiger partial charge on any atom is 0.338 e. The Hall–Kier alpha value is -2.73. The molecule has 1 amide bonds. The summed E-state index contributed by atoms with van der Waals surface area (Å²) < 4.78 is 20.1. The summed E-state index contributed by atoms with van der Waals surface area (Å²) in [7, 11) is 0. The van der Waals surface area contributed by atoms with Crippen LogP contribution in [-0.2, 0) is 9.53 Å². The van der Waals surface area contributed by atoms with E-state index in [1.54, 1.807) is 12.1 Å². The van der Waals surface area contributed by atoms with E-state index in [2.05, 4.69) is 0 Å². The van der Waals surface area contributed by atoms with E-state index in [4.69, 9.17) is 9.84 Å². The molecule has 1 N–H and O–H groups in total. The highest BCUT2D eigenvalue weighted by molar-refractivity contribution is 5.90. The molecule has 6 heteroatoms. The summed E-state index contributed by atoms with van der Waals surface area (Å²) >= 11 is 0. The average molecular weight is 423 g/mol. The largest absolute Gasteiger partial charge is 0.478 e. The quantitative estimate of drug-likeness (QED) is 0.788. The van der Waals surface area contributed by atoms with E-state index in [1.807, 2.05) is 29.2 Å². The van der Waals surface area contributed by atoms with E-state index < -0.39 is 11.8 Å². The molecule has 0 bridgehead atoms. The Bertz CT molecular complexity index is 1000. The lowest BCUT2D eigenvalue weighted by atomic mass is 9.88. The van der Waals surface area contributed by atoms with Gasteiger partial charge in [0.1, 0.15) is 11.9 Å². The molecule has 31 heavy (non-hydrogen) atoms. The molecule has 2 heterocycles. The number of carbonyl (C=O) groups excluding carboxylic acids is 1. The lowest BCUT2D eigenvalue weighted by molar-refractivity contribution is -0.142. The standard InChI is InChI=1S/C25H26FNO4/c26-22-18(3-1-4-19(22)24(29)30)16-6-8-17(9-7-16)20-15-25(20)10-12-27(13-11-25)23(28)21-5-2-14-31-21/h1,3-4,6-9,20-21H,2,5,10-15H2,(H,29,30)/t20-,21+/m0/s1. The summed E-state index contributed by atoms with van der Waals surface area (Å²) in [5.74, 6) is -1.34. The van der Waals surface area contributed by atoms with Crippen molar-refractivity contribution in [3.8, 4) is 11.1 Å². The normalized spacial score (nSPS) is 24.4. The molecule has 3 fully saturated rings. The van der Waals surface area contributed by atoms with E-state index in [0.717, 1.165) is 45.2 Å². The van der Waals surface area contributed by atoms with Gasteiger partial charge in [0.15, 0.2) is 0 Å². The first-order chi connectivity index (χ1) is 15.0. The van der Waals surface area contributed by atoms with E-state index in [1.165, 1.54) is 11.6 Å². The van der Waals surface area contributed by atoms with Crippen LogP contribution in [0.3, 0.4) is 0 Å². The summed E-state index contributed by atoms with van der Waals surface area (Å²) in [4.78, 5) is 25.7. The van der Waals surface area contributed by atoms with Gasteiger partial charge in [0.25, 0.3) is 5.91 Å². The number of hydrogen-bond acceptors (Lipinski definition) is 3. The van der Waals surface area contributed by atoms with Crippen LogP contribution in [-0.4, -0.2) is 47.7 Å². The Kier molecular flexibility index (Phi) is 5.05. The molecule has 1 spiro atoms. The van der Waals surface area contributed by atoms with Crippen LogP contribution in [0.5, 0.6) is 0 Å². The molecule has 2 aliphatic heterocycles. The maximum absolute atomic E-state index is 14.6. The number of nitrogens with zero attached hydrogens (tertiary/aromatic N) is 1. The molecule has 0 unspecified atom stereocenters. The van der Waals surface area contributed by atoms with Crippen LogP contribution in [0.25, 0.3) is 11.1 Å². The van der Waals surface area contributed by atoms with E-state index in [-0.39, 0.29) is 23.0 Å². The van der Waals surface area contributed by atoms with E-state index >= 15 is 0 Å². The Labute approximate surface area is 180 Å². The van der Waals surface area contributed by atoms with Gasteiger partial charge in [0, 0.05) is 25.3 Å². The van der Waals surface area contributed by atoms with Crippen LogP contribution >= 0.6 is 0 Å². The SMILES string of the molecule is O=C(O)c1cccc(-c2ccc([C@@H]3CC34CCN(C(=O)[C@H]3CCCO3)CC4)cc2)c1F. The van der Waals surface area contributed by atoms with Crippen LogP contribution in [0.2, 0.25) is 0 Å². The summed E-state index contributed by atoms with van der Waals surface area (Å²) in [5, 5.41) is 9.15. The maximum atomic E-state index is 14.6. The third-order valence-electron chi connectivity index (χ3n) is 7.32. The minimum atomic E-state index is -1.26. The predicted molar refractivity (Wildman–Crippen MR) is 113 cm³/mol. The second kappa shape index (κ2) is 7.75. The number of rotatable bonds is 4. The minimum Gasteiger partial charge on any atom is -0.478 e. The molecule has 2 aromatic carbocycles.